The molecule has 6 rings (SSSR count). The van der Waals surface area contributed by atoms with E-state index in [2.05, 4.69) is 175 Å². The highest BCUT2D eigenvalue weighted by molar-refractivity contribution is 7.18. The van der Waals surface area contributed by atoms with Crippen LogP contribution in [0.15, 0.2) is 132 Å². The van der Waals surface area contributed by atoms with Gasteiger partial charge < -0.3 is 30.3 Å². The van der Waals surface area contributed by atoms with E-state index in [4.69, 9.17) is 4.42 Å². The third-order valence-corrected chi connectivity index (χ3v) is 11.4. The number of aliphatic imine (C=N–C) groups is 1. The summed E-state index contributed by atoms with van der Waals surface area (Å²) >= 11 is 1.78. The van der Waals surface area contributed by atoms with Crippen molar-refractivity contribution in [3.8, 4) is 0 Å². The lowest BCUT2D eigenvalue weighted by molar-refractivity contribution is 0.453. The van der Waals surface area contributed by atoms with Crippen molar-refractivity contribution in [1.29, 1.82) is 0 Å². The number of aryl methyl sites for hydroxylation is 1. The second kappa shape index (κ2) is 23.3. The molecule has 11 heteroatoms. The number of thiazole rings is 1. The summed E-state index contributed by atoms with van der Waals surface area (Å²) in [6, 6.07) is 16.1. The van der Waals surface area contributed by atoms with E-state index in [-0.39, 0.29) is 21.7 Å². The van der Waals surface area contributed by atoms with E-state index >= 15 is 0 Å². The Morgan fingerprint density at radius 2 is 1.19 bits per heavy atom. The van der Waals surface area contributed by atoms with Crippen LogP contribution in [-0.4, -0.2) is 44.9 Å². The van der Waals surface area contributed by atoms with Crippen molar-refractivity contribution in [3.63, 3.8) is 0 Å². The predicted octanol–water partition coefficient (Wildman–Crippen LogP) is 12.1. The maximum absolute atomic E-state index is 5.65. The largest absolute Gasteiger partial charge is 0.441 e. The van der Waals surface area contributed by atoms with Crippen LogP contribution in [-0.2, 0) is 26.4 Å². The number of aromatic nitrogens is 4. The second-order valence-corrected chi connectivity index (χ2v) is 21.0. The maximum atomic E-state index is 5.65. The minimum atomic E-state index is 0.0846. The number of imidazole rings is 1. The molecule has 1 aliphatic heterocycles. The minimum absolute atomic E-state index is 0.0846. The van der Waals surface area contributed by atoms with Crippen LogP contribution in [0.25, 0.3) is 21.3 Å². The molecule has 0 unspecified atom stereocenters. The Kier molecular flexibility index (Phi) is 19.2. The number of oxazole rings is 1. The topological polar surface area (TPSA) is 117 Å². The van der Waals surface area contributed by atoms with Crippen molar-refractivity contribution in [2.75, 3.05) is 19.6 Å². The Morgan fingerprint density at radius 1 is 0.667 bits per heavy atom. The van der Waals surface area contributed by atoms with Crippen molar-refractivity contribution < 1.29 is 4.42 Å². The van der Waals surface area contributed by atoms with Crippen LogP contribution in [0, 0.1) is 21.7 Å². The first-order valence-electron chi connectivity index (χ1n) is 21.9. The second-order valence-electron chi connectivity index (χ2n) is 19.9. The average Bonchev–Trinajstić information content (AvgIpc) is 4.02. The van der Waals surface area contributed by atoms with Gasteiger partial charge in [0.05, 0.1) is 28.3 Å². The Balaban J connectivity index is 0.000000226. The molecule has 0 atom stereocenters. The molecular weight excluding hydrogens is 799 g/mol. The van der Waals surface area contributed by atoms with Gasteiger partial charge in [-0.05, 0) is 24.3 Å². The van der Waals surface area contributed by atoms with Crippen molar-refractivity contribution >= 4 is 38.4 Å². The fourth-order valence-corrected chi connectivity index (χ4v) is 6.20. The van der Waals surface area contributed by atoms with Gasteiger partial charge >= 0.3 is 0 Å². The zero-order chi connectivity index (χ0) is 47.0. The first-order chi connectivity index (χ1) is 29.3. The fraction of sp³-hybridized carbons (Fsp3) is 0.462. The Morgan fingerprint density at radius 3 is 1.70 bits per heavy atom. The summed E-state index contributed by atoms with van der Waals surface area (Å²) in [6.07, 6.45) is 10.4. The van der Waals surface area contributed by atoms with Gasteiger partial charge in [-0.3, -0.25) is 4.99 Å². The number of allylic oxidation sites excluding steroid dienone is 5. The van der Waals surface area contributed by atoms with Crippen LogP contribution in [0.3, 0.4) is 0 Å². The molecule has 3 aromatic heterocycles. The van der Waals surface area contributed by atoms with Crippen LogP contribution in [0.2, 0.25) is 0 Å². The van der Waals surface area contributed by atoms with E-state index in [9.17, 15) is 0 Å². The van der Waals surface area contributed by atoms with Crippen LogP contribution >= 0.6 is 11.3 Å². The third kappa shape index (κ3) is 18.4. The number of benzene rings is 2. The molecule has 10 nitrogen and oxygen atoms in total. The molecule has 4 N–H and O–H groups in total. The molecule has 4 heterocycles. The molecule has 0 aliphatic carbocycles. The standard InChI is InChI=1S/C15H20N2O.C15H20N2S.C11H19N3.C11H18N2/c2*1-11(15(2,3)4)16-10-9-14-17-12-7-5-6-8-13(12)18-14;1-9(11(2,3)4)13-8-10-12-6-7-14(10)5;1-9(11(2,3)4)13-8-10-6-5-7-12-10/h2*5-8,16H,1,9-10H2,2-4H3;6-7,13H,1,8H2,2-5H3;5,7,13H,1,6,8H2,2-4H3. The number of hydrogen-bond acceptors (Lipinski definition) is 10. The van der Waals surface area contributed by atoms with E-state index < -0.39 is 0 Å². The molecular formula is C52H77N9OS. The molecule has 5 aromatic rings. The Hall–Kier alpha value is -5.42. The average molecular weight is 876 g/mol. The summed E-state index contributed by atoms with van der Waals surface area (Å²) in [5, 5.41) is 14.5. The van der Waals surface area contributed by atoms with Crippen LogP contribution in [0.5, 0.6) is 0 Å². The van der Waals surface area contributed by atoms with E-state index in [1.165, 1.54) is 15.4 Å². The zero-order valence-corrected chi connectivity index (χ0v) is 41.6. The molecule has 0 spiro atoms. The van der Waals surface area contributed by atoms with E-state index in [1.807, 2.05) is 54.3 Å². The lowest BCUT2D eigenvalue weighted by atomic mass is 9.93. The third-order valence-electron chi connectivity index (χ3n) is 10.3. The van der Waals surface area contributed by atoms with Gasteiger partial charge in [0.25, 0.3) is 0 Å². The quantitative estimate of drug-likeness (QED) is 0.0871. The maximum Gasteiger partial charge on any atom is 0.197 e. The predicted molar refractivity (Wildman–Crippen MR) is 271 cm³/mol. The molecule has 2 aromatic carbocycles. The highest BCUT2D eigenvalue weighted by Crippen LogP contribution is 2.25. The summed E-state index contributed by atoms with van der Waals surface area (Å²) in [4.78, 5) is 17.5. The zero-order valence-electron chi connectivity index (χ0n) is 40.8. The van der Waals surface area contributed by atoms with Crippen molar-refractivity contribution in [2.24, 2.45) is 33.7 Å². The number of para-hydroxylation sites is 3. The number of hydrogen-bond donors (Lipinski definition) is 4. The van der Waals surface area contributed by atoms with Crippen molar-refractivity contribution in [2.45, 2.75) is 109 Å². The Labute approximate surface area is 383 Å². The summed E-state index contributed by atoms with van der Waals surface area (Å²) in [5.41, 5.74) is 8.73. The SMILES string of the molecule is C=C(NCC1=NC=CC1)C(C)(C)C.C=C(NCCc1nc2ccccc2o1)C(C)(C)C.C=C(NCCc1nc2ccccc2s1)C(C)(C)C.C=C(NCc1nccn1C)C(C)(C)C. The van der Waals surface area contributed by atoms with E-state index in [0.717, 1.165) is 96.6 Å². The summed E-state index contributed by atoms with van der Waals surface area (Å²) in [6.45, 7) is 45.2. The molecule has 1 aliphatic rings. The highest BCUT2D eigenvalue weighted by atomic mass is 32.1. The first kappa shape index (κ1) is 51.9. The van der Waals surface area contributed by atoms with Gasteiger partial charge in [-0.2, -0.15) is 0 Å². The minimum Gasteiger partial charge on any atom is -0.441 e. The van der Waals surface area contributed by atoms with Gasteiger partial charge in [-0.25, -0.2) is 15.0 Å². The van der Waals surface area contributed by atoms with Crippen molar-refractivity contribution in [1.82, 2.24) is 40.8 Å². The van der Waals surface area contributed by atoms with Crippen LogP contribution in [0.4, 0.5) is 0 Å². The summed E-state index contributed by atoms with van der Waals surface area (Å²) < 4.78 is 8.92. The summed E-state index contributed by atoms with van der Waals surface area (Å²) in [7, 11) is 1.99. The van der Waals surface area contributed by atoms with Crippen LogP contribution in [0.1, 0.15) is 106 Å². The van der Waals surface area contributed by atoms with E-state index in [0.29, 0.717) is 0 Å². The number of rotatable bonds is 14. The van der Waals surface area contributed by atoms with Crippen LogP contribution < -0.4 is 21.3 Å². The van der Waals surface area contributed by atoms with Crippen molar-refractivity contribution in [3.05, 3.63) is 139 Å². The number of nitrogens with zero attached hydrogens (tertiary/aromatic N) is 5. The molecule has 63 heavy (non-hydrogen) atoms. The molecule has 0 saturated carbocycles. The molecule has 0 radical (unpaired) electrons. The Bertz CT molecular complexity index is 2140. The first-order valence-corrected chi connectivity index (χ1v) is 22.7. The molecule has 0 amide bonds. The normalized spacial score (nSPS) is 12.5. The monoisotopic (exact) mass is 876 g/mol. The summed E-state index contributed by atoms with van der Waals surface area (Å²) in [5.74, 6) is 1.79. The van der Waals surface area contributed by atoms with Gasteiger partial charge in [0.15, 0.2) is 11.5 Å². The molecule has 0 fully saturated rings. The smallest absolute Gasteiger partial charge is 0.197 e. The number of nitrogens with one attached hydrogen (secondary N) is 4. The molecule has 0 saturated heterocycles. The lowest BCUT2D eigenvalue weighted by Gasteiger charge is -2.23. The van der Waals surface area contributed by atoms with Gasteiger partial charge in [-0.1, -0.05) is 140 Å². The lowest BCUT2D eigenvalue weighted by Crippen LogP contribution is -2.27. The number of fused-ring (bicyclic) bond motifs is 2. The fourth-order valence-electron chi connectivity index (χ4n) is 5.23. The van der Waals surface area contributed by atoms with E-state index in [1.54, 1.807) is 17.5 Å². The van der Waals surface area contributed by atoms with Gasteiger partial charge in [0.2, 0.25) is 0 Å². The van der Waals surface area contributed by atoms with Gasteiger partial charge in [-0.15, -0.1) is 11.3 Å². The highest BCUT2D eigenvalue weighted by Gasteiger charge is 2.17. The molecule has 0 bridgehead atoms. The molecule has 342 valence electrons. The van der Waals surface area contributed by atoms with Gasteiger partial charge in [0, 0.05) is 108 Å². The van der Waals surface area contributed by atoms with Gasteiger partial charge in [0.1, 0.15) is 11.3 Å².